The Morgan fingerprint density at radius 3 is 2.88 bits per heavy atom. The second-order valence-electron chi connectivity index (χ2n) is 6.52. The first-order valence-corrected chi connectivity index (χ1v) is 8.06. The number of fused-ring (bicyclic) bond motifs is 1. The number of aromatic nitrogens is 1. The van der Waals surface area contributed by atoms with Gasteiger partial charge in [-0.3, -0.25) is 4.98 Å². The third-order valence-electron chi connectivity index (χ3n) is 4.35. The molecule has 0 bridgehead atoms. The van der Waals surface area contributed by atoms with E-state index in [4.69, 9.17) is 10.00 Å². The quantitative estimate of drug-likeness (QED) is 0.903. The van der Waals surface area contributed by atoms with Gasteiger partial charge >= 0.3 is 0 Å². The highest BCUT2D eigenvalue weighted by Crippen LogP contribution is 2.40. The van der Waals surface area contributed by atoms with Crippen LogP contribution in [0.4, 0.5) is 0 Å². The molecule has 0 aliphatic carbocycles. The maximum Gasteiger partial charge on any atom is 0.131 e. The first-order valence-electron chi connectivity index (χ1n) is 8.06. The molecule has 2 atom stereocenters. The topological polar surface area (TPSA) is 78.2 Å². The number of hydrogen-bond acceptors (Lipinski definition) is 5. The molecule has 0 saturated heterocycles. The molecular weight excluding hydrogens is 302 g/mol. The number of nitrogens with zero attached hydrogens (tertiary/aromatic N) is 2. The van der Waals surface area contributed by atoms with Crippen LogP contribution < -0.4 is 10.1 Å². The van der Waals surface area contributed by atoms with Gasteiger partial charge in [0.2, 0.25) is 0 Å². The summed E-state index contributed by atoms with van der Waals surface area (Å²) >= 11 is 0. The van der Waals surface area contributed by atoms with Crippen LogP contribution in [0.15, 0.2) is 42.6 Å². The molecule has 0 amide bonds. The minimum absolute atomic E-state index is 0.291. The van der Waals surface area contributed by atoms with E-state index in [1.54, 1.807) is 24.4 Å². The van der Waals surface area contributed by atoms with Crippen molar-refractivity contribution in [2.45, 2.75) is 38.0 Å². The van der Waals surface area contributed by atoms with E-state index in [9.17, 15) is 5.11 Å². The Morgan fingerprint density at radius 2 is 2.17 bits per heavy atom. The SMILES string of the molecule is CC1(C)Oc2ccc(C#N)cc2[C@H](NCCc2ccccn2)[C@H]1O. The summed E-state index contributed by atoms with van der Waals surface area (Å²) in [5, 5.41) is 23.3. The molecule has 24 heavy (non-hydrogen) atoms. The van der Waals surface area contributed by atoms with Crippen molar-refractivity contribution in [1.29, 1.82) is 5.26 Å². The molecule has 0 fully saturated rings. The van der Waals surface area contributed by atoms with Gasteiger partial charge < -0.3 is 15.2 Å². The fourth-order valence-corrected chi connectivity index (χ4v) is 2.99. The number of pyridine rings is 1. The number of rotatable bonds is 4. The highest BCUT2D eigenvalue weighted by Gasteiger charge is 2.42. The van der Waals surface area contributed by atoms with Gasteiger partial charge in [-0.05, 0) is 44.2 Å². The zero-order valence-electron chi connectivity index (χ0n) is 13.9. The Morgan fingerprint density at radius 1 is 1.33 bits per heavy atom. The van der Waals surface area contributed by atoms with Crippen LogP contribution in [0.2, 0.25) is 0 Å². The van der Waals surface area contributed by atoms with Gasteiger partial charge in [0.25, 0.3) is 0 Å². The number of hydrogen-bond donors (Lipinski definition) is 2. The molecule has 124 valence electrons. The predicted octanol–water partition coefficient (Wildman–Crippen LogP) is 2.36. The summed E-state index contributed by atoms with van der Waals surface area (Å²) < 4.78 is 5.91. The lowest BCUT2D eigenvalue weighted by molar-refractivity contribution is -0.0644. The van der Waals surface area contributed by atoms with Crippen molar-refractivity contribution >= 4 is 0 Å². The fourth-order valence-electron chi connectivity index (χ4n) is 2.99. The number of ether oxygens (including phenoxy) is 1. The van der Waals surface area contributed by atoms with Crippen LogP contribution in [0, 0.1) is 11.3 Å². The van der Waals surface area contributed by atoms with Crippen LogP contribution in [0.3, 0.4) is 0 Å². The Labute approximate surface area is 141 Å². The molecule has 2 heterocycles. The van der Waals surface area contributed by atoms with E-state index in [0.29, 0.717) is 17.9 Å². The number of nitrogens with one attached hydrogen (secondary N) is 1. The van der Waals surface area contributed by atoms with Crippen molar-refractivity contribution < 1.29 is 9.84 Å². The second-order valence-corrected chi connectivity index (χ2v) is 6.52. The predicted molar refractivity (Wildman–Crippen MR) is 90.6 cm³/mol. The summed E-state index contributed by atoms with van der Waals surface area (Å²) in [7, 11) is 0. The van der Waals surface area contributed by atoms with E-state index in [1.165, 1.54) is 0 Å². The van der Waals surface area contributed by atoms with Crippen LogP contribution in [-0.4, -0.2) is 28.3 Å². The molecule has 5 nitrogen and oxygen atoms in total. The minimum Gasteiger partial charge on any atom is -0.485 e. The summed E-state index contributed by atoms with van der Waals surface area (Å²) in [4.78, 5) is 4.31. The summed E-state index contributed by atoms with van der Waals surface area (Å²) in [6, 6.07) is 13.0. The number of benzene rings is 1. The second kappa shape index (κ2) is 6.60. The highest BCUT2D eigenvalue weighted by atomic mass is 16.5. The molecule has 3 rings (SSSR count). The number of aliphatic hydroxyl groups is 1. The third kappa shape index (κ3) is 3.25. The molecule has 1 aliphatic heterocycles. The summed E-state index contributed by atoms with van der Waals surface area (Å²) in [5.74, 6) is 0.708. The summed E-state index contributed by atoms with van der Waals surface area (Å²) in [5.41, 5.74) is 1.67. The van der Waals surface area contributed by atoms with Crippen molar-refractivity contribution in [2.75, 3.05) is 6.54 Å². The van der Waals surface area contributed by atoms with Crippen molar-refractivity contribution in [3.05, 3.63) is 59.4 Å². The molecule has 1 aromatic carbocycles. The first-order chi connectivity index (χ1) is 11.5. The molecule has 0 saturated carbocycles. The van der Waals surface area contributed by atoms with E-state index >= 15 is 0 Å². The minimum atomic E-state index is -0.720. The lowest BCUT2D eigenvalue weighted by atomic mass is 9.86. The standard InChI is InChI=1S/C19H21N3O2/c1-19(2)18(23)17(22-10-8-14-5-3-4-9-21-14)15-11-13(12-20)6-7-16(15)24-19/h3-7,9,11,17-18,22-23H,8,10H2,1-2H3/t17-,18+/m0/s1. The average molecular weight is 323 g/mol. The number of aliphatic hydroxyl groups excluding tert-OH is 1. The Bertz CT molecular complexity index is 753. The summed E-state index contributed by atoms with van der Waals surface area (Å²) in [6.07, 6.45) is 1.82. The highest BCUT2D eigenvalue weighted by molar-refractivity contribution is 5.46. The molecular formula is C19H21N3O2. The molecule has 1 aliphatic rings. The van der Waals surface area contributed by atoms with Gasteiger partial charge in [0, 0.05) is 30.4 Å². The zero-order valence-corrected chi connectivity index (χ0v) is 13.9. The van der Waals surface area contributed by atoms with Gasteiger partial charge in [-0.2, -0.15) is 5.26 Å². The maximum absolute atomic E-state index is 10.7. The van der Waals surface area contributed by atoms with Crippen LogP contribution in [0.25, 0.3) is 0 Å². The van der Waals surface area contributed by atoms with Crippen LogP contribution in [-0.2, 0) is 6.42 Å². The largest absolute Gasteiger partial charge is 0.485 e. The normalized spacial score (nSPS) is 21.4. The van der Waals surface area contributed by atoms with E-state index in [0.717, 1.165) is 17.7 Å². The van der Waals surface area contributed by atoms with Crippen LogP contribution in [0.1, 0.15) is 36.7 Å². The fraction of sp³-hybridized carbons (Fsp3) is 0.368. The molecule has 2 N–H and O–H groups in total. The molecule has 0 radical (unpaired) electrons. The van der Waals surface area contributed by atoms with Gasteiger partial charge in [-0.1, -0.05) is 6.07 Å². The monoisotopic (exact) mass is 323 g/mol. The molecule has 1 aromatic heterocycles. The third-order valence-corrected chi connectivity index (χ3v) is 4.35. The molecule has 5 heteroatoms. The van der Waals surface area contributed by atoms with Gasteiger partial charge in [0.1, 0.15) is 17.5 Å². The lowest BCUT2D eigenvalue weighted by Gasteiger charge is -2.42. The van der Waals surface area contributed by atoms with E-state index < -0.39 is 11.7 Å². The Hall–Kier alpha value is -2.42. The van der Waals surface area contributed by atoms with Crippen molar-refractivity contribution in [3.8, 4) is 11.8 Å². The van der Waals surface area contributed by atoms with Crippen LogP contribution >= 0.6 is 0 Å². The maximum atomic E-state index is 10.7. The lowest BCUT2D eigenvalue weighted by Crippen LogP contribution is -2.52. The van der Waals surface area contributed by atoms with Gasteiger partial charge in [-0.15, -0.1) is 0 Å². The first kappa shape index (κ1) is 16.4. The van der Waals surface area contributed by atoms with E-state index in [-0.39, 0.29) is 6.04 Å². The smallest absolute Gasteiger partial charge is 0.131 e. The van der Waals surface area contributed by atoms with E-state index in [2.05, 4.69) is 16.4 Å². The van der Waals surface area contributed by atoms with Crippen molar-refractivity contribution in [3.63, 3.8) is 0 Å². The van der Waals surface area contributed by atoms with Crippen LogP contribution in [0.5, 0.6) is 5.75 Å². The molecule has 0 unspecified atom stereocenters. The van der Waals surface area contributed by atoms with Gasteiger partial charge in [0.05, 0.1) is 17.7 Å². The average Bonchev–Trinajstić information content (AvgIpc) is 2.58. The van der Waals surface area contributed by atoms with Crippen molar-refractivity contribution in [2.24, 2.45) is 0 Å². The number of nitriles is 1. The van der Waals surface area contributed by atoms with Gasteiger partial charge in [0.15, 0.2) is 0 Å². The van der Waals surface area contributed by atoms with Crippen molar-refractivity contribution in [1.82, 2.24) is 10.3 Å². The Balaban J connectivity index is 1.81. The Kier molecular flexibility index (Phi) is 4.52. The zero-order chi connectivity index (χ0) is 17.2. The summed E-state index contributed by atoms with van der Waals surface area (Å²) in [6.45, 7) is 4.41. The van der Waals surface area contributed by atoms with Gasteiger partial charge in [-0.25, -0.2) is 0 Å². The van der Waals surface area contributed by atoms with E-state index in [1.807, 2.05) is 32.0 Å². The molecule has 2 aromatic rings. The molecule has 0 spiro atoms.